The summed E-state index contributed by atoms with van der Waals surface area (Å²) in [5, 5.41) is 10.3. The number of aliphatic carboxylic acids is 1. The molecule has 1 aromatic carbocycles. The molecule has 0 aliphatic heterocycles. The van der Waals surface area contributed by atoms with E-state index in [-0.39, 0.29) is 12.5 Å². The first-order valence-electron chi connectivity index (χ1n) is 5.41. The van der Waals surface area contributed by atoms with E-state index in [0.717, 1.165) is 22.2 Å². The molecule has 4 nitrogen and oxygen atoms in total. The van der Waals surface area contributed by atoms with Crippen LogP contribution in [-0.4, -0.2) is 13.1 Å². The first-order chi connectivity index (χ1) is 8.04. The van der Waals surface area contributed by atoms with Crippen molar-refractivity contribution >= 4 is 21.9 Å². The zero-order chi connectivity index (χ0) is 12.8. The molecule has 0 aliphatic rings. The Morgan fingerprint density at radius 2 is 2.29 bits per heavy atom. The number of rotatable bonds is 6. The van der Waals surface area contributed by atoms with Crippen molar-refractivity contribution in [2.24, 2.45) is 0 Å². The van der Waals surface area contributed by atoms with E-state index in [1.807, 2.05) is 18.2 Å². The second-order valence-electron chi connectivity index (χ2n) is 3.86. The Morgan fingerprint density at radius 1 is 1.59 bits per heavy atom. The third-order valence-electron chi connectivity index (χ3n) is 2.58. The molecule has 3 N–H and O–H groups in total. The SMILES string of the molecule is COc1ccc([C@H]([NH3+])CCCC(=O)[O-])cc1Br. The molecule has 1 rings (SSSR count). The van der Waals surface area contributed by atoms with Gasteiger partial charge in [0, 0.05) is 18.0 Å². The molecule has 17 heavy (non-hydrogen) atoms. The molecule has 0 aliphatic carbocycles. The Kier molecular flexibility index (Phi) is 5.44. The van der Waals surface area contributed by atoms with Gasteiger partial charge >= 0.3 is 0 Å². The van der Waals surface area contributed by atoms with Crippen LogP contribution in [0.25, 0.3) is 0 Å². The number of halogens is 1. The van der Waals surface area contributed by atoms with E-state index in [2.05, 4.69) is 21.7 Å². The summed E-state index contributed by atoms with van der Waals surface area (Å²) in [6, 6.07) is 5.85. The van der Waals surface area contributed by atoms with Crippen LogP contribution in [0.4, 0.5) is 0 Å². The van der Waals surface area contributed by atoms with Gasteiger partial charge in [-0.25, -0.2) is 0 Å². The van der Waals surface area contributed by atoms with Gasteiger partial charge in [-0.1, -0.05) is 0 Å². The Morgan fingerprint density at radius 3 is 2.82 bits per heavy atom. The molecule has 0 saturated heterocycles. The van der Waals surface area contributed by atoms with Gasteiger partial charge in [-0.3, -0.25) is 0 Å². The van der Waals surface area contributed by atoms with Gasteiger partial charge in [0.2, 0.25) is 0 Å². The van der Waals surface area contributed by atoms with E-state index in [0.29, 0.717) is 6.42 Å². The summed E-state index contributed by atoms with van der Waals surface area (Å²) < 4.78 is 6.02. The number of carboxylic acid groups (broad SMARTS) is 1. The summed E-state index contributed by atoms with van der Waals surface area (Å²) in [4.78, 5) is 10.3. The third-order valence-corrected chi connectivity index (χ3v) is 3.20. The lowest BCUT2D eigenvalue weighted by Crippen LogP contribution is -2.53. The molecular weight excluding hydrogens is 286 g/mol. The van der Waals surface area contributed by atoms with Crippen LogP contribution in [0.3, 0.4) is 0 Å². The molecule has 5 heteroatoms. The molecule has 0 heterocycles. The summed E-state index contributed by atoms with van der Waals surface area (Å²) in [6.45, 7) is 0. The van der Waals surface area contributed by atoms with Gasteiger partial charge in [0.1, 0.15) is 11.8 Å². The van der Waals surface area contributed by atoms with Crippen LogP contribution in [0.5, 0.6) is 5.75 Å². The van der Waals surface area contributed by atoms with Crippen LogP contribution in [0.2, 0.25) is 0 Å². The van der Waals surface area contributed by atoms with Gasteiger partial charge in [0.15, 0.2) is 0 Å². The minimum Gasteiger partial charge on any atom is -0.550 e. The number of ether oxygens (including phenoxy) is 1. The van der Waals surface area contributed by atoms with Crippen molar-refractivity contribution in [2.45, 2.75) is 25.3 Å². The highest BCUT2D eigenvalue weighted by atomic mass is 79.9. The van der Waals surface area contributed by atoms with Crippen LogP contribution in [0.1, 0.15) is 30.9 Å². The second kappa shape index (κ2) is 6.61. The predicted molar refractivity (Wildman–Crippen MR) is 65.2 cm³/mol. The van der Waals surface area contributed by atoms with E-state index in [9.17, 15) is 9.90 Å². The number of methoxy groups -OCH3 is 1. The monoisotopic (exact) mass is 301 g/mol. The van der Waals surface area contributed by atoms with Crippen molar-refractivity contribution in [3.8, 4) is 5.75 Å². The molecule has 0 aromatic heterocycles. The highest BCUT2D eigenvalue weighted by Crippen LogP contribution is 2.28. The minimum absolute atomic E-state index is 0.0801. The van der Waals surface area contributed by atoms with Crippen LogP contribution in [0.15, 0.2) is 22.7 Å². The van der Waals surface area contributed by atoms with Crippen molar-refractivity contribution < 1.29 is 20.4 Å². The summed E-state index contributed by atoms with van der Waals surface area (Å²) in [6.07, 6.45) is 1.40. The van der Waals surface area contributed by atoms with Crippen LogP contribution in [0, 0.1) is 0 Å². The quantitative estimate of drug-likeness (QED) is 0.838. The fourth-order valence-electron chi connectivity index (χ4n) is 1.60. The van der Waals surface area contributed by atoms with Crippen LogP contribution < -0.4 is 15.6 Å². The third kappa shape index (κ3) is 4.36. The lowest BCUT2D eigenvalue weighted by atomic mass is 10.0. The fraction of sp³-hybridized carbons (Fsp3) is 0.417. The van der Waals surface area contributed by atoms with Gasteiger partial charge in [-0.2, -0.15) is 0 Å². The van der Waals surface area contributed by atoms with E-state index in [4.69, 9.17) is 4.74 Å². The zero-order valence-corrected chi connectivity index (χ0v) is 11.3. The maximum Gasteiger partial charge on any atom is 0.133 e. The van der Waals surface area contributed by atoms with E-state index in [1.165, 1.54) is 0 Å². The van der Waals surface area contributed by atoms with Crippen LogP contribution >= 0.6 is 15.9 Å². The number of benzene rings is 1. The number of quaternary nitrogens is 1. The summed E-state index contributed by atoms with van der Waals surface area (Å²) in [7, 11) is 1.61. The lowest BCUT2D eigenvalue weighted by Gasteiger charge is -2.11. The number of hydrogen-bond donors (Lipinski definition) is 1. The number of carboxylic acids is 1. The molecule has 0 spiro atoms. The van der Waals surface area contributed by atoms with E-state index < -0.39 is 5.97 Å². The molecule has 0 radical (unpaired) electrons. The van der Waals surface area contributed by atoms with Gasteiger partial charge < -0.3 is 20.4 Å². The van der Waals surface area contributed by atoms with Gasteiger partial charge in [-0.15, -0.1) is 0 Å². The van der Waals surface area contributed by atoms with Crippen molar-refractivity contribution in [3.05, 3.63) is 28.2 Å². The Labute approximate surface area is 109 Å². The average Bonchev–Trinajstić information content (AvgIpc) is 2.28. The van der Waals surface area contributed by atoms with Gasteiger partial charge in [-0.05, 0) is 47.0 Å². The van der Waals surface area contributed by atoms with Crippen molar-refractivity contribution in [1.82, 2.24) is 0 Å². The standard InChI is InChI=1S/C12H16BrNO3/c1-17-11-6-5-8(7-9(11)13)10(14)3-2-4-12(15)16/h5-7,10H,2-4,14H2,1H3,(H,15,16)/t10-/m1/s1. The van der Waals surface area contributed by atoms with Crippen molar-refractivity contribution in [3.63, 3.8) is 0 Å². The normalized spacial score (nSPS) is 12.2. The molecule has 0 amide bonds. The van der Waals surface area contributed by atoms with Crippen molar-refractivity contribution in [2.75, 3.05) is 7.11 Å². The van der Waals surface area contributed by atoms with Crippen LogP contribution in [-0.2, 0) is 4.79 Å². The maximum atomic E-state index is 10.3. The smallest absolute Gasteiger partial charge is 0.133 e. The average molecular weight is 302 g/mol. The first kappa shape index (κ1) is 14.0. The maximum absolute atomic E-state index is 10.3. The molecule has 0 fully saturated rings. The topological polar surface area (TPSA) is 77.0 Å². The summed E-state index contributed by atoms with van der Waals surface area (Å²) in [5.41, 5.74) is 5.09. The lowest BCUT2D eigenvalue weighted by molar-refractivity contribution is -0.428. The van der Waals surface area contributed by atoms with Gasteiger partial charge in [0.05, 0.1) is 11.6 Å². The molecule has 1 aromatic rings. The first-order valence-corrected chi connectivity index (χ1v) is 6.20. The Bertz CT molecular complexity index is 395. The molecule has 94 valence electrons. The van der Waals surface area contributed by atoms with Crippen molar-refractivity contribution in [1.29, 1.82) is 0 Å². The molecule has 1 atom stereocenters. The molecule has 0 unspecified atom stereocenters. The number of hydrogen-bond acceptors (Lipinski definition) is 3. The fourth-order valence-corrected chi connectivity index (χ4v) is 2.15. The van der Waals surface area contributed by atoms with E-state index in [1.54, 1.807) is 7.11 Å². The summed E-state index contributed by atoms with van der Waals surface area (Å²) in [5.74, 6) is -0.233. The predicted octanol–water partition coefficient (Wildman–Crippen LogP) is 0.661. The summed E-state index contributed by atoms with van der Waals surface area (Å²) >= 11 is 3.41. The molecule has 0 saturated carbocycles. The second-order valence-corrected chi connectivity index (χ2v) is 4.71. The Hall–Kier alpha value is -1.07. The molecule has 0 bridgehead atoms. The highest BCUT2D eigenvalue weighted by Gasteiger charge is 2.11. The minimum atomic E-state index is -1.01. The zero-order valence-electron chi connectivity index (χ0n) is 9.74. The highest BCUT2D eigenvalue weighted by molar-refractivity contribution is 9.10. The number of carbonyl (C=O) groups excluding carboxylic acids is 1. The largest absolute Gasteiger partial charge is 0.550 e. The Balaban J connectivity index is 2.59. The molecular formula is C12H16BrNO3. The van der Waals surface area contributed by atoms with Gasteiger partial charge in [0.25, 0.3) is 0 Å². The van der Waals surface area contributed by atoms with E-state index >= 15 is 0 Å². The number of carbonyl (C=O) groups is 1.